The number of rotatable bonds is 1. The molecule has 0 aliphatic rings. The molecule has 0 unspecified atom stereocenters. The Morgan fingerprint density at radius 3 is 2.25 bits per heavy atom. The minimum atomic E-state index is 0. The van der Waals surface area contributed by atoms with E-state index in [1.54, 1.807) is 11.3 Å². The summed E-state index contributed by atoms with van der Waals surface area (Å²) >= 11 is 1.63. The summed E-state index contributed by atoms with van der Waals surface area (Å²) in [5.74, 6) is 0. The van der Waals surface area contributed by atoms with Crippen molar-refractivity contribution in [1.29, 1.82) is 0 Å². The van der Waals surface area contributed by atoms with Crippen LogP contribution in [-0.4, -0.2) is 4.98 Å². The maximum atomic E-state index is 4.18. The van der Waals surface area contributed by atoms with Gasteiger partial charge in [0.2, 0.25) is 0 Å². The Kier molecular flexibility index (Phi) is 5.79. The molecule has 0 atom stereocenters. The topological polar surface area (TPSA) is 12.9 Å². The molecular formula is C13H11FeNS-6. The van der Waals surface area contributed by atoms with Gasteiger partial charge in [0.1, 0.15) is 0 Å². The Morgan fingerprint density at radius 1 is 1.12 bits per heavy atom. The van der Waals surface area contributed by atoms with Gasteiger partial charge in [-0.1, -0.05) is 0 Å². The zero-order valence-electron chi connectivity index (χ0n) is 8.56. The predicted octanol–water partition coefficient (Wildman–Crippen LogP) is 3.93. The first-order valence-electron chi connectivity index (χ1n) is 4.74. The van der Waals surface area contributed by atoms with Gasteiger partial charge in [0.05, 0.1) is 0 Å². The van der Waals surface area contributed by atoms with Crippen molar-refractivity contribution >= 4 is 11.3 Å². The van der Waals surface area contributed by atoms with Gasteiger partial charge in [-0.15, -0.1) is 0 Å². The summed E-state index contributed by atoms with van der Waals surface area (Å²) in [5.41, 5.74) is 4.14. The minimum absolute atomic E-state index is 0. The third-order valence-corrected chi connectivity index (χ3v) is 2.53. The molecule has 3 aromatic rings. The van der Waals surface area contributed by atoms with Gasteiger partial charge in [0.25, 0.3) is 0 Å². The number of thiazole rings is 1. The summed E-state index contributed by atoms with van der Waals surface area (Å²) in [4.78, 5) is 4.18. The molecule has 0 aliphatic carbocycles. The largest absolute Gasteiger partial charge is 0.663 e. The summed E-state index contributed by atoms with van der Waals surface area (Å²) < 4.78 is 0. The normalized spacial score (nSPS) is 8.75. The third-order valence-electron chi connectivity index (χ3n) is 1.95. The van der Waals surface area contributed by atoms with Gasteiger partial charge < -0.3 is 57.2 Å². The van der Waals surface area contributed by atoms with Crippen LogP contribution in [0.4, 0.5) is 0 Å². The van der Waals surface area contributed by atoms with Crippen LogP contribution in [0.5, 0.6) is 0 Å². The molecule has 1 heterocycles. The average Bonchev–Trinajstić information content (AvgIpc) is 3.06. The Hall–Kier alpha value is -1.15. The summed E-state index contributed by atoms with van der Waals surface area (Å²) in [6, 6.07) is 18.2. The van der Waals surface area contributed by atoms with Crippen LogP contribution in [0.25, 0.3) is 11.3 Å². The molecule has 0 N–H and O–H groups in total. The Labute approximate surface area is 110 Å². The first-order valence-corrected chi connectivity index (χ1v) is 5.68. The van der Waals surface area contributed by atoms with Crippen molar-refractivity contribution in [2.45, 2.75) is 0 Å². The van der Waals surface area contributed by atoms with Gasteiger partial charge >= 0.3 is 0 Å². The van der Waals surface area contributed by atoms with Crippen LogP contribution in [0, 0.1) is 0 Å². The molecule has 0 fully saturated rings. The van der Waals surface area contributed by atoms with Crippen molar-refractivity contribution in [1.82, 2.24) is 4.98 Å². The van der Waals surface area contributed by atoms with E-state index in [0.29, 0.717) is 0 Å². The molecule has 0 radical (unpaired) electrons. The van der Waals surface area contributed by atoms with Crippen molar-refractivity contribution in [3.63, 3.8) is 0 Å². The summed E-state index contributed by atoms with van der Waals surface area (Å²) in [7, 11) is 0. The SMILES string of the molecule is [Fe].c1cc[cH-]c1.c1nc(-[c-]2[cH-][cH-][cH-][cH-]2)cs1. The Bertz CT molecular complexity index is 391. The number of nitrogens with zero attached hydrogens (tertiary/aromatic N) is 1. The van der Waals surface area contributed by atoms with E-state index in [2.05, 4.69) is 22.5 Å². The van der Waals surface area contributed by atoms with Crippen molar-refractivity contribution in [2.24, 2.45) is 0 Å². The Morgan fingerprint density at radius 2 is 1.81 bits per heavy atom. The summed E-state index contributed by atoms with van der Waals surface area (Å²) in [5, 5.41) is 2.05. The van der Waals surface area contributed by atoms with Gasteiger partial charge in [-0.2, -0.15) is 18.2 Å². The van der Waals surface area contributed by atoms with Gasteiger partial charge in [-0.3, -0.25) is 0 Å². The standard InChI is InChI=1S/C8H6NS.C5H5.Fe/c1-2-4-7(3-1)8-5-10-6-9-8;1-2-4-5-3-1;/h1-6H;1-5H;/q-5;-1;. The predicted molar refractivity (Wildman–Crippen MR) is 65.2 cm³/mol. The van der Waals surface area contributed by atoms with Crippen molar-refractivity contribution in [3.8, 4) is 11.3 Å². The second-order valence-corrected chi connectivity index (χ2v) is 3.73. The molecule has 3 rings (SSSR count). The molecule has 0 saturated carbocycles. The molecular weight excluding hydrogens is 258 g/mol. The molecule has 1 aromatic heterocycles. The molecule has 88 valence electrons. The van der Waals surface area contributed by atoms with E-state index in [1.807, 2.05) is 48.0 Å². The van der Waals surface area contributed by atoms with E-state index in [-0.39, 0.29) is 17.1 Å². The van der Waals surface area contributed by atoms with E-state index in [9.17, 15) is 0 Å². The molecule has 0 saturated heterocycles. The monoisotopic (exact) mass is 269 g/mol. The van der Waals surface area contributed by atoms with Gasteiger partial charge in [-0.25, -0.2) is 12.1 Å². The molecule has 2 aromatic carbocycles. The second-order valence-electron chi connectivity index (χ2n) is 3.01. The van der Waals surface area contributed by atoms with Gasteiger partial charge in [0.15, 0.2) is 0 Å². The van der Waals surface area contributed by atoms with Crippen LogP contribution in [0.3, 0.4) is 0 Å². The fourth-order valence-electron chi connectivity index (χ4n) is 1.22. The first kappa shape index (κ1) is 12.9. The van der Waals surface area contributed by atoms with Crippen LogP contribution in [0.15, 0.2) is 65.5 Å². The maximum absolute atomic E-state index is 4.18. The number of hydrogen-bond acceptors (Lipinski definition) is 2. The maximum Gasteiger partial charge on any atom is 0.0192 e. The number of hydrogen-bond donors (Lipinski definition) is 0. The molecule has 0 spiro atoms. The van der Waals surface area contributed by atoms with Crippen LogP contribution in [-0.2, 0) is 17.1 Å². The molecule has 0 amide bonds. The van der Waals surface area contributed by atoms with Crippen LogP contribution in [0.1, 0.15) is 0 Å². The minimum Gasteiger partial charge on any atom is -0.663 e. The zero-order valence-corrected chi connectivity index (χ0v) is 10.5. The zero-order chi connectivity index (χ0) is 10.3. The van der Waals surface area contributed by atoms with Crippen LogP contribution in [0.2, 0.25) is 0 Å². The first-order chi connectivity index (χ1) is 7.47. The van der Waals surface area contributed by atoms with Crippen molar-refractivity contribution in [3.05, 3.63) is 65.5 Å². The molecule has 16 heavy (non-hydrogen) atoms. The van der Waals surface area contributed by atoms with Crippen LogP contribution < -0.4 is 0 Å². The molecule has 1 nitrogen and oxygen atoms in total. The second kappa shape index (κ2) is 7.18. The fourth-order valence-corrected chi connectivity index (χ4v) is 1.78. The third kappa shape index (κ3) is 3.78. The van der Waals surface area contributed by atoms with E-state index < -0.39 is 0 Å². The van der Waals surface area contributed by atoms with E-state index in [4.69, 9.17) is 0 Å². The van der Waals surface area contributed by atoms with Gasteiger partial charge in [-0.05, 0) is 0 Å². The smallest absolute Gasteiger partial charge is 0.0192 e. The fraction of sp³-hybridized carbons (Fsp3) is 0. The quantitative estimate of drug-likeness (QED) is 0.481. The molecule has 0 bridgehead atoms. The van der Waals surface area contributed by atoms with Gasteiger partial charge in [0, 0.05) is 22.6 Å². The van der Waals surface area contributed by atoms with Crippen molar-refractivity contribution < 1.29 is 17.1 Å². The Balaban J connectivity index is 0.000000183. The van der Waals surface area contributed by atoms with E-state index in [0.717, 1.165) is 5.69 Å². The van der Waals surface area contributed by atoms with E-state index >= 15 is 0 Å². The van der Waals surface area contributed by atoms with Crippen LogP contribution >= 0.6 is 11.3 Å². The number of aromatic nitrogens is 1. The molecule has 3 heteroatoms. The van der Waals surface area contributed by atoms with Crippen molar-refractivity contribution in [2.75, 3.05) is 0 Å². The summed E-state index contributed by atoms with van der Waals surface area (Å²) in [6.07, 6.45) is 0. The van der Waals surface area contributed by atoms with E-state index in [1.165, 1.54) is 5.56 Å². The molecule has 0 aliphatic heterocycles. The summed E-state index contributed by atoms with van der Waals surface area (Å²) in [6.45, 7) is 0. The average molecular weight is 269 g/mol.